The van der Waals surface area contributed by atoms with Crippen LogP contribution >= 0.6 is 35.0 Å². The number of hydrogen-bond donors (Lipinski definition) is 1. The molecular weight excluding hydrogens is 423 g/mol. The molecule has 0 aromatic heterocycles. The molecule has 0 aliphatic rings. The molecule has 152 valence electrons. The molecule has 0 saturated carbocycles. The Morgan fingerprint density at radius 2 is 1.75 bits per heavy atom. The molecule has 28 heavy (non-hydrogen) atoms. The Balaban J connectivity index is 0.000000283. The highest BCUT2D eigenvalue weighted by atomic mass is 35.5. The van der Waals surface area contributed by atoms with Crippen molar-refractivity contribution < 1.29 is 13.5 Å². The smallest absolute Gasteiger partial charge is 0.138 e. The molecule has 0 heterocycles. The van der Waals surface area contributed by atoms with Crippen molar-refractivity contribution in [2.45, 2.75) is 18.2 Å². The highest BCUT2D eigenvalue weighted by Crippen LogP contribution is 2.27. The Morgan fingerprint density at radius 1 is 1.07 bits per heavy atom. The third-order valence-electron chi connectivity index (χ3n) is 3.50. The lowest BCUT2D eigenvalue weighted by Crippen LogP contribution is -2.10. The second kappa shape index (κ2) is 14.5. The fourth-order valence-corrected chi connectivity index (χ4v) is 3.23. The molecule has 0 amide bonds. The number of nitrogens with two attached hydrogens (primary N) is 1. The van der Waals surface area contributed by atoms with Gasteiger partial charge in [0.05, 0.1) is 17.7 Å². The molecule has 0 spiro atoms. The summed E-state index contributed by atoms with van der Waals surface area (Å²) in [6.07, 6.45) is 1.94. The fourth-order valence-electron chi connectivity index (χ4n) is 1.80. The van der Waals surface area contributed by atoms with Gasteiger partial charge in [0.25, 0.3) is 0 Å². The van der Waals surface area contributed by atoms with Gasteiger partial charge in [0.15, 0.2) is 0 Å². The summed E-state index contributed by atoms with van der Waals surface area (Å²) in [7, 11) is 0. The lowest BCUT2D eigenvalue weighted by molar-refractivity contribution is 0.348. The number of halogens is 4. The van der Waals surface area contributed by atoms with Gasteiger partial charge in [0.2, 0.25) is 0 Å². The van der Waals surface area contributed by atoms with Gasteiger partial charge in [-0.2, -0.15) is 0 Å². The van der Waals surface area contributed by atoms with Crippen LogP contribution in [0.15, 0.2) is 77.2 Å². The monoisotopic (exact) mass is 445 g/mol. The predicted molar refractivity (Wildman–Crippen MR) is 117 cm³/mol. The van der Waals surface area contributed by atoms with Crippen LogP contribution in [0.1, 0.15) is 13.3 Å². The summed E-state index contributed by atoms with van der Waals surface area (Å²) in [5, 5.41) is 0.908. The number of benzene rings is 2. The normalized spacial score (nSPS) is 11.6. The summed E-state index contributed by atoms with van der Waals surface area (Å²) in [6.45, 7) is 2.16. The molecule has 2 N–H and O–H groups in total. The van der Waals surface area contributed by atoms with E-state index in [1.807, 2.05) is 37.3 Å². The lowest BCUT2D eigenvalue weighted by atomic mass is 10.3. The number of ether oxygens (including phenoxy) is 1. The molecule has 2 nitrogen and oxygen atoms in total. The van der Waals surface area contributed by atoms with Gasteiger partial charge in [-0.05, 0) is 42.3 Å². The first-order valence-corrected chi connectivity index (χ1v) is 10.3. The largest absolute Gasteiger partial charge is 0.488 e. The van der Waals surface area contributed by atoms with Gasteiger partial charge in [-0.15, -0.1) is 11.8 Å². The van der Waals surface area contributed by atoms with Crippen molar-refractivity contribution in [3.8, 4) is 5.75 Å². The topological polar surface area (TPSA) is 35.2 Å². The molecular formula is C21H23Cl2F2NOS. The van der Waals surface area contributed by atoms with Gasteiger partial charge in [-0.25, -0.2) is 8.78 Å². The highest BCUT2D eigenvalue weighted by molar-refractivity contribution is 7.99. The molecule has 0 aliphatic heterocycles. The number of thioether (sulfide) groups is 1. The van der Waals surface area contributed by atoms with Crippen LogP contribution in [0.4, 0.5) is 8.78 Å². The third kappa shape index (κ3) is 9.60. The predicted octanol–water partition coefficient (Wildman–Crippen LogP) is 7.23. The summed E-state index contributed by atoms with van der Waals surface area (Å²) >= 11 is 13.2. The van der Waals surface area contributed by atoms with E-state index in [1.165, 1.54) is 4.90 Å². The molecule has 7 heteroatoms. The molecule has 0 aliphatic carbocycles. The summed E-state index contributed by atoms with van der Waals surface area (Å²) < 4.78 is 29.6. The average molecular weight is 446 g/mol. The molecule has 2 aromatic rings. The van der Waals surface area contributed by atoms with Gasteiger partial charge in [0.1, 0.15) is 12.4 Å². The first-order valence-electron chi connectivity index (χ1n) is 8.56. The van der Waals surface area contributed by atoms with Crippen molar-refractivity contribution >= 4 is 35.0 Å². The molecule has 0 unspecified atom stereocenters. The van der Waals surface area contributed by atoms with E-state index in [4.69, 9.17) is 33.7 Å². The second-order valence-electron chi connectivity index (χ2n) is 5.56. The molecule has 2 rings (SSSR count). The van der Waals surface area contributed by atoms with Crippen molar-refractivity contribution in [1.82, 2.24) is 0 Å². The summed E-state index contributed by atoms with van der Waals surface area (Å²) in [5.41, 5.74) is 6.48. The van der Waals surface area contributed by atoms with Gasteiger partial charge in [0, 0.05) is 27.8 Å². The van der Waals surface area contributed by atoms with Crippen LogP contribution in [0.25, 0.3) is 0 Å². The van der Waals surface area contributed by atoms with Crippen LogP contribution in [-0.2, 0) is 0 Å². The maximum atomic E-state index is 12.2. The quantitative estimate of drug-likeness (QED) is 0.435. The van der Waals surface area contributed by atoms with Crippen molar-refractivity contribution in [2.75, 3.05) is 18.9 Å². The highest BCUT2D eigenvalue weighted by Gasteiger charge is 2.03. The minimum Gasteiger partial charge on any atom is -0.488 e. The van der Waals surface area contributed by atoms with E-state index >= 15 is 0 Å². The van der Waals surface area contributed by atoms with E-state index in [0.717, 1.165) is 24.1 Å². The second-order valence-corrected chi connectivity index (χ2v) is 7.45. The zero-order valence-electron chi connectivity index (χ0n) is 15.5. The molecule has 0 radical (unpaired) electrons. The molecule has 0 bridgehead atoms. The Morgan fingerprint density at radius 3 is 2.29 bits per heavy atom. The molecule has 0 saturated heterocycles. The fraction of sp³-hybridized carbons (Fsp3) is 0.238. The summed E-state index contributed by atoms with van der Waals surface area (Å²) in [5.74, 6) is 1.20. The van der Waals surface area contributed by atoms with Crippen LogP contribution in [0.3, 0.4) is 0 Å². The number of rotatable bonds is 8. The van der Waals surface area contributed by atoms with Crippen molar-refractivity contribution in [3.63, 3.8) is 0 Å². The lowest BCUT2D eigenvalue weighted by Gasteiger charge is -2.08. The Labute approximate surface area is 179 Å². The zero-order chi connectivity index (χ0) is 20.8. The van der Waals surface area contributed by atoms with Crippen LogP contribution in [0.2, 0.25) is 10.0 Å². The Kier molecular flexibility index (Phi) is 12.7. The van der Waals surface area contributed by atoms with Crippen LogP contribution in [0.5, 0.6) is 5.75 Å². The van der Waals surface area contributed by atoms with Crippen LogP contribution < -0.4 is 10.5 Å². The van der Waals surface area contributed by atoms with Crippen LogP contribution in [0, 0.1) is 0 Å². The van der Waals surface area contributed by atoms with E-state index in [0.29, 0.717) is 27.7 Å². The van der Waals surface area contributed by atoms with Gasteiger partial charge < -0.3 is 10.5 Å². The zero-order valence-corrected chi connectivity index (χ0v) is 17.8. The van der Waals surface area contributed by atoms with E-state index in [9.17, 15) is 8.78 Å². The maximum absolute atomic E-state index is 12.2. The minimum absolute atomic E-state index is 0.0777. The van der Waals surface area contributed by atoms with E-state index in [-0.39, 0.29) is 13.2 Å². The average Bonchev–Trinajstić information content (AvgIpc) is 2.72. The van der Waals surface area contributed by atoms with Crippen molar-refractivity contribution in [3.05, 3.63) is 82.4 Å². The summed E-state index contributed by atoms with van der Waals surface area (Å²) in [6, 6.07) is 14.9. The molecule has 0 atom stereocenters. The first-order chi connectivity index (χ1) is 13.5. The van der Waals surface area contributed by atoms with Gasteiger partial charge in [-0.3, -0.25) is 0 Å². The van der Waals surface area contributed by atoms with E-state index < -0.39 is 0 Å². The van der Waals surface area contributed by atoms with Crippen molar-refractivity contribution in [2.24, 2.45) is 5.73 Å². The standard InChI is InChI=1S/C11H13FS.C10H10Cl2FNO/c1-2-10(8-12)9-13-11-6-4-3-5-7-11;11-8-1-2-10(9(12)3-8)15-6-7(4-13)5-14/h3-8H,2,9H2,1H3;1-4H,5-6,14H2/b10-8-;7-4-. The third-order valence-corrected chi connectivity index (χ3v) is 5.15. The van der Waals surface area contributed by atoms with E-state index in [1.54, 1.807) is 30.0 Å². The Bertz CT molecular complexity index is 770. The Hall–Kier alpha value is -1.53. The SMILES string of the molecule is CC/C(=C/F)CSc1ccccc1.NC/C(=C/F)COc1ccc(Cl)cc1Cl. The van der Waals surface area contributed by atoms with Crippen LogP contribution in [-0.4, -0.2) is 18.9 Å². The molecule has 2 aromatic carbocycles. The minimum atomic E-state index is 0.0777. The van der Waals surface area contributed by atoms with Gasteiger partial charge in [-0.1, -0.05) is 48.3 Å². The first kappa shape index (κ1) is 24.5. The molecule has 0 fully saturated rings. The van der Waals surface area contributed by atoms with Gasteiger partial charge >= 0.3 is 0 Å². The number of hydrogen-bond acceptors (Lipinski definition) is 3. The summed E-state index contributed by atoms with van der Waals surface area (Å²) in [4.78, 5) is 1.19. The van der Waals surface area contributed by atoms with E-state index in [2.05, 4.69) is 0 Å². The maximum Gasteiger partial charge on any atom is 0.138 e. The van der Waals surface area contributed by atoms with Crippen molar-refractivity contribution in [1.29, 1.82) is 0 Å².